The number of rotatable bonds is 7. The summed E-state index contributed by atoms with van der Waals surface area (Å²) in [6.07, 6.45) is 0. The molecule has 0 atom stereocenters. The third-order valence-corrected chi connectivity index (χ3v) is 5.04. The number of carbonyl (C=O) groups is 2. The van der Waals surface area contributed by atoms with Gasteiger partial charge in [-0.05, 0) is 24.6 Å². The lowest BCUT2D eigenvalue weighted by molar-refractivity contribution is 0.0959. The molecule has 0 unspecified atom stereocenters. The van der Waals surface area contributed by atoms with Crippen LogP contribution in [0.1, 0.15) is 31.8 Å². The fraction of sp³-hybridized carbons (Fsp3) is 0.250. The van der Waals surface area contributed by atoms with E-state index in [1.54, 1.807) is 23.9 Å². The normalized spacial score (nSPS) is 10.3. The number of benzene rings is 1. The smallest absolute Gasteiger partial charge is 0.261 e. The lowest BCUT2D eigenvalue weighted by Gasteiger charge is -2.04. The maximum atomic E-state index is 11.9. The summed E-state index contributed by atoms with van der Waals surface area (Å²) >= 11 is 3.03. The van der Waals surface area contributed by atoms with Crippen LogP contribution < -0.4 is 5.32 Å². The van der Waals surface area contributed by atoms with E-state index in [9.17, 15) is 9.59 Å². The van der Waals surface area contributed by atoms with Gasteiger partial charge in [-0.15, -0.1) is 11.3 Å². The molecular formula is C16H17NO2S2. The van der Waals surface area contributed by atoms with Gasteiger partial charge in [0.1, 0.15) is 0 Å². The van der Waals surface area contributed by atoms with Crippen LogP contribution in [0.5, 0.6) is 0 Å². The van der Waals surface area contributed by atoms with Crippen LogP contribution in [0, 0.1) is 0 Å². The highest BCUT2D eigenvalue weighted by molar-refractivity contribution is 7.98. The number of nitrogens with one attached hydrogen (secondary N) is 1. The monoisotopic (exact) mass is 319 g/mol. The van der Waals surface area contributed by atoms with Crippen LogP contribution in [-0.2, 0) is 5.75 Å². The summed E-state index contributed by atoms with van der Waals surface area (Å²) in [4.78, 5) is 24.3. The number of hydrogen-bond donors (Lipinski definition) is 1. The maximum absolute atomic E-state index is 11.9. The van der Waals surface area contributed by atoms with Crippen molar-refractivity contribution in [3.63, 3.8) is 0 Å². The van der Waals surface area contributed by atoms with Crippen LogP contribution >= 0.6 is 23.1 Å². The van der Waals surface area contributed by atoms with Gasteiger partial charge >= 0.3 is 0 Å². The first-order valence-corrected chi connectivity index (χ1v) is 8.64. The van der Waals surface area contributed by atoms with Crippen molar-refractivity contribution < 1.29 is 9.59 Å². The first-order valence-electron chi connectivity index (χ1n) is 6.67. The maximum Gasteiger partial charge on any atom is 0.261 e. The van der Waals surface area contributed by atoms with Crippen LogP contribution in [0.2, 0.25) is 0 Å². The molecule has 1 heterocycles. The Kier molecular flexibility index (Phi) is 6.02. The van der Waals surface area contributed by atoms with E-state index in [-0.39, 0.29) is 11.7 Å². The molecule has 0 aliphatic rings. The first kappa shape index (κ1) is 15.8. The highest BCUT2D eigenvalue weighted by Crippen LogP contribution is 2.17. The van der Waals surface area contributed by atoms with Crippen molar-refractivity contribution in [3.05, 3.63) is 57.8 Å². The third-order valence-electron chi connectivity index (χ3n) is 2.82. The van der Waals surface area contributed by atoms with E-state index >= 15 is 0 Å². The minimum absolute atomic E-state index is 0.00235. The van der Waals surface area contributed by atoms with E-state index in [1.165, 1.54) is 23.8 Å². The molecule has 0 radical (unpaired) electrons. The van der Waals surface area contributed by atoms with E-state index in [4.69, 9.17) is 0 Å². The number of thioether (sulfide) groups is 1. The number of thiophene rings is 1. The minimum Gasteiger partial charge on any atom is -0.351 e. The van der Waals surface area contributed by atoms with Gasteiger partial charge in [0.25, 0.3) is 5.91 Å². The fourth-order valence-corrected chi connectivity index (χ4v) is 3.37. The summed E-state index contributed by atoms with van der Waals surface area (Å²) in [5.41, 5.74) is 1.29. The van der Waals surface area contributed by atoms with Gasteiger partial charge in [0, 0.05) is 18.1 Å². The van der Waals surface area contributed by atoms with Crippen molar-refractivity contribution in [2.45, 2.75) is 12.7 Å². The summed E-state index contributed by atoms with van der Waals surface area (Å²) in [6.45, 7) is 2.14. The lowest BCUT2D eigenvalue weighted by Crippen LogP contribution is -2.24. The molecule has 1 N–H and O–H groups in total. The van der Waals surface area contributed by atoms with Crippen LogP contribution in [0.4, 0.5) is 0 Å². The number of hydrogen-bond acceptors (Lipinski definition) is 4. The summed E-state index contributed by atoms with van der Waals surface area (Å²) in [6, 6.07) is 13.7. The van der Waals surface area contributed by atoms with Crippen molar-refractivity contribution in [1.29, 1.82) is 0 Å². The van der Waals surface area contributed by atoms with E-state index in [0.717, 1.165) is 11.5 Å². The van der Waals surface area contributed by atoms with Gasteiger partial charge < -0.3 is 5.32 Å². The SMILES string of the molecule is CC(=O)c1ccc(C(=O)NCCSCc2ccccc2)s1. The summed E-state index contributed by atoms with van der Waals surface area (Å²) in [5.74, 6) is 1.71. The Balaban J connectivity index is 1.68. The van der Waals surface area contributed by atoms with Gasteiger partial charge in [0.05, 0.1) is 9.75 Å². The molecule has 0 aliphatic heterocycles. The van der Waals surface area contributed by atoms with Crippen LogP contribution in [0.15, 0.2) is 42.5 Å². The molecular weight excluding hydrogens is 302 g/mol. The van der Waals surface area contributed by atoms with Crippen LogP contribution in [-0.4, -0.2) is 24.0 Å². The number of Topliss-reactive ketones (excluding diaryl/α,β-unsaturated/α-hetero) is 1. The van der Waals surface area contributed by atoms with Crippen molar-refractivity contribution in [2.75, 3.05) is 12.3 Å². The van der Waals surface area contributed by atoms with Gasteiger partial charge in [0.15, 0.2) is 5.78 Å². The molecule has 0 fully saturated rings. The zero-order valence-electron chi connectivity index (χ0n) is 11.8. The van der Waals surface area contributed by atoms with E-state index in [2.05, 4.69) is 17.4 Å². The molecule has 0 bridgehead atoms. The number of carbonyl (C=O) groups excluding carboxylic acids is 2. The van der Waals surface area contributed by atoms with Crippen molar-refractivity contribution in [1.82, 2.24) is 5.32 Å². The lowest BCUT2D eigenvalue weighted by atomic mass is 10.2. The Morgan fingerprint density at radius 1 is 1.10 bits per heavy atom. The minimum atomic E-state index is -0.104. The molecule has 0 aliphatic carbocycles. The highest BCUT2D eigenvalue weighted by atomic mass is 32.2. The predicted molar refractivity (Wildman–Crippen MR) is 89.3 cm³/mol. The second-order valence-corrected chi connectivity index (χ2v) is 6.70. The quantitative estimate of drug-likeness (QED) is 0.626. The third kappa shape index (κ3) is 5.02. The van der Waals surface area contributed by atoms with Gasteiger partial charge in [-0.25, -0.2) is 0 Å². The molecule has 1 amide bonds. The Morgan fingerprint density at radius 3 is 2.48 bits per heavy atom. The average molecular weight is 319 g/mol. The highest BCUT2D eigenvalue weighted by Gasteiger charge is 2.10. The van der Waals surface area contributed by atoms with Gasteiger partial charge in [-0.1, -0.05) is 30.3 Å². The molecule has 0 saturated heterocycles. The van der Waals surface area contributed by atoms with Crippen LogP contribution in [0.3, 0.4) is 0 Å². The molecule has 5 heteroatoms. The Labute approximate surface area is 132 Å². The second-order valence-electron chi connectivity index (χ2n) is 4.51. The Bertz CT molecular complexity index is 608. The first-order chi connectivity index (χ1) is 10.2. The molecule has 1 aromatic heterocycles. The zero-order chi connectivity index (χ0) is 15.1. The summed E-state index contributed by atoms with van der Waals surface area (Å²) in [7, 11) is 0. The van der Waals surface area contributed by atoms with E-state index in [0.29, 0.717) is 16.3 Å². The second kappa shape index (κ2) is 8.00. The number of amides is 1. The van der Waals surface area contributed by atoms with Crippen LogP contribution in [0.25, 0.3) is 0 Å². The molecule has 1 aromatic carbocycles. The van der Waals surface area contributed by atoms with Crippen molar-refractivity contribution in [2.24, 2.45) is 0 Å². The standard InChI is InChI=1S/C16H17NO2S2/c1-12(18)14-7-8-15(21-14)16(19)17-9-10-20-11-13-5-3-2-4-6-13/h2-8H,9-11H2,1H3,(H,17,19). The molecule has 110 valence electrons. The predicted octanol–water partition coefficient (Wildman–Crippen LogP) is 3.61. The van der Waals surface area contributed by atoms with Crippen molar-refractivity contribution >= 4 is 34.8 Å². The molecule has 0 spiro atoms. The zero-order valence-corrected chi connectivity index (χ0v) is 13.4. The summed E-state index contributed by atoms with van der Waals surface area (Å²) in [5, 5.41) is 2.88. The Hall–Kier alpha value is -1.59. The van der Waals surface area contributed by atoms with Crippen molar-refractivity contribution in [3.8, 4) is 0 Å². The van der Waals surface area contributed by atoms with Gasteiger partial charge in [0.2, 0.25) is 0 Å². The van der Waals surface area contributed by atoms with E-state index in [1.807, 2.05) is 18.2 Å². The van der Waals surface area contributed by atoms with Gasteiger partial charge in [-0.2, -0.15) is 11.8 Å². The molecule has 0 saturated carbocycles. The number of ketones is 1. The largest absolute Gasteiger partial charge is 0.351 e. The topological polar surface area (TPSA) is 46.2 Å². The fourth-order valence-electron chi connectivity index (χ4n) is 1.74. The molecule has 2 rings (SSSR count). The molecule has 21 heavy (non-hydrogen) atoms. The van der Waals surface area contributed by atoms with Gasteiger partial charge in [-0.3, -0.25) is 9.59 Å². The average Bonchev–Trinajstić information content (AvgIpc) is 2.98. The molecule has 3 nitrogen and oxygen atoms in total. The molecule has 2 aromatic rings. The Morgan fingerprint density at radius 2 is 1.81 bits per heavy atom. The van der Waals surface area contributed by atoms with E-state index < -0.39 is 0 Å². The summed E-state index contributed by atoms with van der Waals surface area (Å²) < 4.78 is 0.